The zero-order valence-corrected chi connectivity index (χ0v) is 17.1. The van der Waals surface area contributed by atoms with Crippen LogP contribution in [0, 0.1) is 6.92 Å². The van der Waals surface area contributed by atoms with Crippen LogP contribution in [-0.4, -0.2) is 35.4 Å². The molecule has 144 valence electrons. The number of halogens is 1. The van der Waals surface area contributed by atoms with Gasteiger partial charge in [-0.15, -0.1) is 11.8 Å². The SMILES string of the molecule is COc1ccc([C@@H]2SCCN2C(=O)c2c(-c3ccccc3Cl)noc2C)cc1. The maximum Gasteiger partial charge on any atom is 0.260 e. The Kier molecular flexibility index (Phi) is 5.33. The molecule has 0 spiro atoms. The molecule has 0 saturated carbocycles. The van der Waals surface area contributed by atoms with Gasteiger partial charge in [-0.05, 0) is 30.7 Å². The monoisotopic (exact) mass is 414 g/mol. The molecule has 5 nitrogen and oxygen atoms in total. The minimum absolute atomic E-state index is 0.0631. The van der Waals surface area contributed by atoms with Crippen LogP contribution < -0.4 is 4.74 Å². The Morgan fingerprint density at radius 1 is 1.25 bits per heavy atom. The number of carbonyl (C=O) groups is 1. The van der Waals surface area contributed by atoms with Crippen molar-refractivity contribution in [3.63, 3.8) is 0 Å². The molecule has 0 aliphatic carbocycles. The summed E-state index contributed by atoms with van der Waals surface area (Å²) >= 11 is 8.08. The van der Waals surface area contributed by atoms with Gasteiger partial charge in [0.1, 0.15) is 28.1 Å². The van der Waals surface area contributed by atoms with Gasteiger partial charge in [-0.1, -0.05) is 47.1 Å². The minimum Gasteiger partial charge on any atom is -0.497 e. The van der Waals surface area contributed by atoms with E-state index >= 15 is 0 Å². The number of methoxy groups -OCH3 is 1. The molecule has 1 aromatic heterocycles. The van der Waals surface area contributed by atoms with Crippen molar-refractivity contribution >= 4 is 29.3 Å². The van der Waals surface area contributed by atoms with Crippen LogP contribution in [0.5, 0.6) is 5.75 Å². The molecule has 1 atom stereocenters. The van der Waals surface area contributed by atoms with Crippen molar-refractivity contribution in [2.75, 3.05) is 19.4 Å². The fraction of sp³-hybridized carbons (Fsp3) is 0.238. The highest BCUT2D eigenvalue weighted by Gasteiger charge is 2.35. The van der Waals surface area contributed by atoms with Crippen LogP contribution in [0.15, 0.2) is 53.1 Å². The van der Waals surface area contributed by atoms with Crippen molar-refractivity contribution in [2.24, 2.45) is 0 Å². The lowest BCUT2D eigenvalue weighted by Gasteiger charge is -2.24. The van der Waals surface area contributed by atoms with E-state index in [0.717, 1.165) is 17.1 Å². The van der Waals surface area contributed by atoms with Crippen LogP contribution in [0.2, 0.25) is 5.02 Å². The number of nitrogens with zero attached hydrogens (tertiary/aromatic N) is 2. The van der Waals surface area contributed by atoms with Gasteiger partial charge < -0.3 is 14.2 Å². The van der Waals surface area contributed by atoms with E-state index < -0.39 is 0 Å². The third kappa shape index (κ3) is 3.38. The Morgan fingerprint density at radius 2 is 2.00 bits per heavy atom. The summed E-state index contributed by atoms with van der Waals surface area (Å²) in [5.41, 5.74) is 2.70. The summed E-state index contributed by atoms with van der Waals surface area (Å²) < 4.78 is 10.6. The number of aryl methyl sites for hydroxylation is 1. The molecule has 0 unspecified atom stereocenters. The topological polar surface area (TPSA) is 55.6 Å². The molecule has 0 N–H and O–H groups in total. The second-order valence-corrected chi connectivity index (χ2v) is 8.03. The first-order valence-corrected chi connectivity index (χ1v) is 10.3. The second-order valence-electron chi connectivity index (χ2n) is 6.44. The fourth-order valence-electron chi connectivity index (χ4n) is 3.33. The van der Waals surface area contributed by atoms with Gasteiger partial charge in [-0.2, -0.15) is 0 Å². The van der Waals surface area contributed by atoms with Crippen molar-refractivity contribution in [2.45, 2.75) is 12.3 Å². The Labute approximate surface area is 172 Å². The van der Waals surface area contributed by atoms with Crippen molar-refractivity contribution in [3.8, 4) is 17.0 Å². The number of amides is 1. The van der Waals surface area contributed by atoms with Gasteiger partial charge in [0.25, 0.3) is 5.91 Å². The van der Waals surface area contributed by atoms with Gasteiger partial charge in [0.05, 0.1) is 12.1 Å². The number of hydrogen-bond acceptors (Lipinski definition) is 5. The van der Waals surface area contributed by atoms with Crippen molar-refractivity contribution in [1.82, 2.24) is 10.1 Å². The Morgan fingerprint density at radius 3 is 2.71 bits per heavy atom. The molecule has 1 aliphatic heterocycles. The van der Waals surface area contributed by atoms with Crippen LogP contribution in [0.3, 0.4) is 0 Å². The van der Waals surface area contributed by atoms with Gasteiger partial charge in [0.2, 0.25) is 0 Å². The molecular formula is C21H19ClN2O3S. The van der Waals surface area contributed by atoms with Gasteiger partial charge in [-0.3, -0.25) is 4.79 Å². The third-order valence-corrected chi connectivity index (χ3v) is 6.35. The highest BCUT2D eigenvalue weighted by Crippen LogP contribution is 2.41. The molecule has 1 amide bonds. The molecule has 28 heavy (non-hydrogen) atoms. The average Bonchev–Trinajstić information content (AvgIpc) is 3.35. The first-order chi connectivity index (χ1) is 13.6. The summed E-state index contributed by atoms with van der Waals surface area (Å²) in [5.74, 6) is 2.05. The summed E-state index contributed by atoms with van der Waals surface area (Å²) in [5, 5.41) is 4.60. The highest BCUT2D eigenvalue weighted by molar-refractivity contribution is 7.99. The Bertz CT molecular complexity index is 1000. The number of ether oxygens (including phenoxy) is 1. The summed E-state index contributed by atoms with van der Waals surface area (Å²) in [6.07, 6.45) is 0. The minimum atomic E-state index is -0.0977. The standard InChI is InChI=1S/C21H19ClN2O3S/c1-13-18(19(23-27-13)16-5-3-4-6-17(16)22)20(25)24-11-12-28-21(24)14-7-9-15(26-2)10-8-14/h3-10,21H,11-12H2,1-2H3/t21-/m0/s1. The lowest BCUT2D eigenvalue weighted by atomic mass is 10.0. The molecule has 3 aromatic rings. The number of hydrogen-bond donors (Lipinski definition) is 0. The molecule has 0 radical (unpaired) electrons. The number of benzene rings is 2. The van der Waals surface area contributed by atoms with Crippen molar-refractivity contribution < 1.29 is 14.1 Å². The average molecular weight is 415 g/mol. The van der Waals surface area contributed by atoms with Gasteiger partial charge in [0, 0.05) is 17.9 Å². The van der Waals surface area contributed by atoms with E-state index in [9.17, 15) is 4.79 Å². The molecule has 1 saturated heterocycles. The number of rotatable bonds is 4. The third-order valence-electron chi connectivity index (χ3n) is 4.76. The lowest BCUT2D eigenvalue weighted by Crippen LogP contribution is -2.31. The molecule has 2 heterocycles. The lowest BCUT2D eigenvalue weighted by molar-refractivity contribution is 0.0759. The maximum atomic E-state index is 13.5. The quantitative estimate of drug-likeness (QED) is 0.587. The van der Waals surface area contributed by atoms with Gasteiger partial charge in [-0.25, -0.2) is 0 Å². The van der Waals surface area contributed by atoms with E-state index in [1.807, 2.05) is 47.4 Å². The molecule has 2 aromatic carbocycles. The van der Waals surface area contributed by atoms with Gasteiger partial charge >= 0.3 is 0 Å². The highest BCUT2D eigenvalue weighted by atomic mass is 35.5. The van der Waals surface area contributed by atoms with Crippen LogP contribution in [0.1, 0.15) is 27.1 Å². The molecule has 0 bridgehead atoms. The summed E-state index contributed by atoms with van der Waals surface area (Å²) in [7, 11) is 1.64. The van der Waals surface area contributed by atoms with E-state index in [4.69, 9.17) is 20.9 Å². The number of carbonyl (C=O) groups excluding carboxylic acids is 1. The predicted molar refractivity (Wildman–Crippen MR) is 111 cm³/mol. The normalized spacial score (nSPS) is 16.4. The molecule has 1 fully saturated rings. The van der Waals surface area contributed by atoms with E-state index in [0.29, 0.717) is 34.1 Å². The molecule has 7 heteroatoms. The molecular weight excluding hydrogens is 396 g/mol. The summed E-state index contributed by atoms with van der Waals surface area (Å²) in [4.78, 5) is 15.4. The summed E-state index contributed by atoms with van der Waals surface area (Å²) in [6.45, 7) is 2.42. The van der Waals surface area contributed by atoms with Crippen LogP contribution >= 0.6 is 23.4 Å². The Balaban J connectivity index is 1.69. The van der Waals surface area contributed by atoms with E-state index in [1.54, 1.807) is 31.9 Å². The zero-order valence-electron chi connectivity index (χ0n) is 15.5. The predicted octanol–water partition coefficient (Wildman–Crippen LogP) is 5.20. The van der Waals surface area contributed by atoms with Crippen LogP contribution in [0.25, 0.3) is 11.3 Å². The zero-order chi connectivity index (χ0) is 19.7. The number of thioether (sulfide) groups is 1. The Hall–Kier alpha value is -2.44. The van der Waals surface area contributed by atoms with E-state index in [1.165, 1.54) is 0 Å². The first kappa shape index (κ1) is 18.9. The van der Waals surface area contributed by atoms with Crippen LogP contribution in [0.4, 0.5) is 0 Å². The second kappa shape index (κ2) is 7.89. The molecule has 4 rings (SSSR count). The molecule has 1 aliphatic rings. The van der Waals surface area contributed by atoms with Crippen molar-refractivity contribution in [1.29, 1.82) is 0 Å². The smallest absolute Gasteiger partial charge is 0.260 e. The number of aromatic nitrogens is 1. The van der Waals surface area contributed by atoms with E-state index in [-0.39, 0.29) is 11.3 Å². The maximum absolute atomic E-state index is 13.5. The fourth-order valence-corrected chi connectivity index (χ4v) is 4.81. The summed E-state index contributed by atoms with van der Waals surface area (Å²) in [6, 6.07) is 15.2. The van der Waals surface area contributed by atoms with E-state index in [2.05, 4.69) is 5.16 Å². The van der Waals surface area contributed by atoms with Crippen molar-refractivity contribution in [3.05, 3.63) is 70.4 Å². The first-order valence-electron chi connectivity index (χ1n) is 8.88. The van der Waals surface area contributed by atoms with Gasteiger partial charge in [0.15, 0.2) is 0 Å². The largest absolute Gasteiger partial charge is 0.497 e. The van der Waals surface area contributed by atoms with Crippen LogP contribution in [-0.2, 0) is 0 Å².